The minimum Gasteiger partial charge on any atom is -0.497 e. The fourth-order valence-corrected chi connectivity index (χ4v) is 3.50. The highest BCUT2D eigenvalue weighted by atomic mass is 16.5. The molecule has 0 radical (unpaired) electrons. The van der Waals surface area contributed by atoms with E-state index in [1.807, 2.05) is 30.3 Å². The number of carbonyl (C=O) groups is 2. The maximum atomic E-state index is 13.0. The number of carbonyl (C=O) groups excluding carboxylic acids is 2. The molecule has 6 nitrogen and oxygen atoms in total. The number of aliphatic hydroxyl groups is 1. The fourth-order valence-electron chi connectivity index (χ4n) is 3.50. The summed E-state index contributed by atoms with van der Waals surface area (Å²) in [6.07, 6.45) is 0.0746. The van der Waals surface area contributed by atoms with E-state index in [-0.39, 0.29) is 18.4 Å². The number of methoxy groups -OCH3 is 1. The zero-order valence-electron chi connectivity index (χ0n) is 16.2. The van der Waals surface area contributed by atoms with Crippen molar-refractivity contribution in [3.8, 4) is 5.75 Å². The van der Waals surface area contributed by atoms with Gasteiger partial charge in [0, 0.05) is 20.0 Å². The van der Waals surface area contributed by atoms with E-state index in [1.54, 1.807) is 43.3 Å². The first-order valence-corrected chi connectivity index (χ1v) is 9.40. The van der Waals surface area contributed by atoms with Crippen molar-refractivity contribution in [2.45, 2.75) is 31.5 Å². The van der Waals surface area contributed by atoms with Crippen LogP contribution in [-0.2, 0) is 16.1 Å². The Kier molecular flexibility index (Phi) is 6.31. The molecule has 0 saturated carbocycles. The fraction of sp³-hybridized carbons (Fsp3) is 0.364. The number of amides is 2. The van der Waals surface area contributed by atoms with Crippen LogP contribution in [0.2, 0.25) is 0 Å². The molecule has 1 heterocycles. The second kappa shape index (κ2) is 8.89. The van der Waals surface area contributed by atoms with Crippen molar-refractivity contribution in [1.29, 1.82) is 0 Å². The van der Waals surface area contributed by atoms with Crippen LogP contribution in [0, 0.1) is 0 Å². The standard InChI is InChI=1S/C22H26N2O4/c1-23(15-20(25)17-8-10-18(28-2)11-9-17)22(27)19-12-13-21(26)24(19)14-16-6-4-3-5-7-16/h3-11,19-20,25H,12-15H2,1-2H3. The number of nitrogens with zero attached hydrogens (tertiary/aromatic N) is 2. The van der Waals surface area contributed by atoms with Gasteiger partial charge in [-0.25, -0.2) is 0 Å². The Morgan fingerprint density at radius 3 is 2.54 bits per heavy atom. The van der Waals surface area contributed by atoms with Gasteiger partial charge in [-0.15, -0.1) is 0 Å². The van der Waals surface area contributed by atoms with Crippen molar-refractivity contribution >= 4 is 11.8 Å². The molecule has 1 aliphatic heterocycles. The van der Waals surface area contributed by atoms with Crippen molar-refractivity contribution in [2.24, 2.45) is 0 Å². The highest BCUT2D eigenvalue weighted by molar-refractivity contribution is 5.90. The minimum absolute atomic E-state index is 0.00805. The van der Waals surface area contributed by atoms with Gasteiger partial charge in [0.25, 0.3) is 0 Å². The van der Waals surface area contributed by atoms with Gasteiger partial charge < -0.3 is 19.6 Å². The van der Waals surface area contributed by atoms with Crippen molar-refractivity contribution in [3.63, 3.8) is 0 Å². The summed E-state index contributed by atoms with van der Waals surface area (Å²) < 4.78 is 5.12. The van der Waals surface area contributed by atoms with Crippen LogP contribution in [0.1, 0.15) is 30.1 Å². The van der Waals surface area contributed by atoms with Crippen LogP contribution < -0.4 is 4.74 Å². The van der Waals surface area contributed by atoms with Crippen molar-refractivity contribution < 1.29 is 19.4 Å². The van der Waals surface area contributed by atoms with Gasteiger partial charge in [0.1, 0.15) is 11.8 Å². The van der Waals surface area contributed by atoms with Gasteiger partial charge in [0.2, 0.25) is 11.8 Å². The minimum atomic E-state index is -0.806. The Bertz CT molecular complexity index is 807. The number of hydrogen-bond donors (Lipinski definition) is 1. The molecular weight excluding hydrogens is 356 g/mol. The molecule has 148 valence electrons. The highest BCUT2D eigenvalue weighted by Crippen LogP contribution is 2.24. The first-order valence-electron chi connectivity index (χ1n) is 9.40. The average Bonchev–Trinajstić information content (AvgIpc) is 3.08. The lowest BCUT2D eigenvalue weighted by Gasteiger charge is -2.29. The largest absolute Gasteiger partial charge is 0.497 e. The third kappa shape index (κ3) is 4.51. The third-order valence-electron chi connectivity index (χ3n) is 5.13. The molecule has 6 heteroatoms. The van der Waals surface area contributed by atoms with Crippen LogP contribution in [0.15, 0.2) is 54.6 Å². The topological polar surface area (TPSA) is 70.1 Å². The SMILES string of the molecule is COc1ccc(C(O)CN(C)C(=O)C2CCC(=O)N2Cc2ccccc2)cc1. The Morgan fingerprint density at radius 2 is 1.89 bits per heavy atom. The average molecular weight is 382 g/mol. The lowest BCUT2D eigenvalue weighted by Crippen LogP contribution is -2.46. The number of benzene rings is 2. The summed E-state index contributed by atoms with van der Waals surface area (Å²) in [5.41, 5.74) is 1.71. The smallest absolute Gasteiger partial charge is 0.245 e. The molecule has 1 N–H and O–H groups in total. The first-order chi connectivity index (χ1) is 13.5. The van der Waals surface area contributed by atoms with Crippen LogP contribution in [0.4, 0.5) is 0 Å². The predicted octanol–water partition coefficient (Wildman–Crippen LogP) is 2.38. The number of likely N-dealkylation sites (N-methyl/N-ethyl adjacent to an activating group) is 1. The van der Waals surface area contributed by atoms with Gasteiger partial charge in [-0.2, -0.15) is 0 Å². The van der Waals surface area contributed by atoms with Gasteiger partial charge in [-0.3, -0.25) is 9.59 Å². The van der Waals surface area contributed by atoms with Gasteiger partial charge in [-0.1, -0.05) is 42.5 Å². The molecule has 28 heavy (non-hydrogen) atoms. The molecule has 0 aliphatic carbocycles. The molecule has 1 saturated heterocycles. The molecular formula is C22H26N2O4. The summed E-state index contributed by atoms with van der Waals surface area (Å²) in [7, 11) is 3.25. The van der Waals surface area contributed by atoms with Crippen LogP contribution in [-0.4, -0.2) is 53.5 Å². The summed E-state index contributed by atoms with van der Waals surface area (Å²) in [5, 5.41) is 10.5. The maximum Gasteiger partial charge on any atom is 0.245 e. The van der Waals surface area contributed by atoms with Gasteiger partial charge in [-0.05, 0) is 29.7 Å². The Balaban J connectivity index is 1.64. The van der Waals surface area contributed by atoms with Gasteiger partial charge in [0.05, 0.1) is 19.8 Å². The quantitative estimate of drug-likeness (QED) is 0.798. The molecule has 2 atom stereocenters. The number of rotatable bonds is 7. The third-order valence-corrected chi connectivity index (χ3v) is 5.13. The zero-order valence-corrected chi connectivity index (χ0v) is 16.2. The van der Waals surface area contributed by atoms with E-state index in [1.165, 1.54) is 4.90 Å². The van der Waals surface area contributed by atoms with Crippen molar-refractivity contribution in [3.05, 3.63) is 65.7 Å². The summed E-state index contributed by atoms with van der Waals surface area (Å²) in [4.78, 5) is 28.4. The number of aliphatic hydroxyl groups excluding tert-OH is 1. The number of ether oxygens (including phenoxy) is 1. The van der Waals surface area contributed by atoms with Crippen LogP contribution in [0.5, 0.6) is 5.75 Å². The van der Waals surface area contributed by atoms with E-state index in [9.17, 15) is 14.7 Å². The molecule has 1 fully saturated rings. The molecule has 0 aromatic heterocycles. The van der Waals surface area contributed by atoms with Crippen LogP contribution in [0.25, 0.3) is 0 Å². The van der Waals surface area contributed by atoms with Crippen molar-refractivity contribution in [1.82, 2.24) is 9.80 Å². The molecule has 2 amide bonds. The number of likely N-dealkylation sites (tertiary alicyclic amines) is 1. The first kappa shape index (κ1) is 19.9. The summed E-state index contributed by atoms with van der Waals surface area (Å²) in [6, 6.07) is 16.3. The number of hydrogen-bond acceptors (Lipinski definition) is 4. The lowest BCUT2D eigenvalue weighted by molar-refractivity contribution is -0.141. The van der Waals surface area contributed by atoms with E-state index < -0.39 is 12.1 Å². The maximum absolute atomic E-state index is 13.0. The van der Waals surface area contributed by atoms with E-state index >= 15 is 0 Å². The summed E-state index contributed by atoms with van der Waals surface area (Å²) >= 11 is 0. The van der Waals surface area contributed by atoms with Crippen molar-refractivity contribution in [2.75, 3.05) is 20.7 Å². The molecule has 2 unspecified atom stereocenters. The summed E-state index contributed by atoms with van der Waals surface area (Å²) in [5.74, 6) is 0.557. The molecule has 2 aromatic carbocycles. The van der Waals surface area contributed by atoms with E-state index in [0.717, 1.165) is 5.56 Å². The molecule has 0 bridgehead atoms. The second-order valence-corrected chi connectivity index (χ2v) is 7.07. The van der Waals surface area contributed by atoms with E-state index in [0.29, 0.717) is 30.7 Å². The van der Waals surface area contributed by atoms with Gasteiger partial charge >= 0.3 is 0 Å². The predicted molar refractivity (Wildman–Crippen MR) is 106 cm³/mol. The highest BCUT2D eigenvalue weighted by Gasteiger charge is 2.37. The van der Waals surface area contributed by atoms with Gasteiger partial charge in [0.15, 0.2) is 0 Å². The lowest BCUT2D eigenvalue weighted by atomic mass is 10.1. The Labute approximate surface area is 165 Å². The van der Waals surface area contributed by atoms with Crippen LogP contribution in [0.3, 0.4) is 0 Å². The molecule has 3 rings (SSSR count). The zero-order chi connectivity index (χ0) is 20.1. The van der Waals surface area contributed by atoms with E-state index in [4.69, 9.17) is 4.74 Å². The summed E-state index contributed by atoms with van der Waals surface area (Å²) in [6.45, 7) is 0.583. The monoisotopic (exact) mass is 382 g/mol. The molecule has 0 spiro atoms. The van der Waals surface area contributed by atoms with Crippen LogP contribution >= 0.6 is 0 Å². The second-order valence-electron chi connectivity index (χ2n) is 7.07. The normalized spacial score (nSPS) is 17.5. The molecule has 2 aromatic rings. The Morgan fingerprint density at radius 1 is 1.21 bits per heavy atom. The van der Waals surface area contributed by atoms with E-state index in [2.05, 4.69) is 0 Å². The molecule has 1 aliphatic rings. The Hall–Kier alpha value is -2.86.